The van der Waals surface area contributed by atoms with Crippen LogP contribution in [0.2, 0.25) is 0 Å². The van der Waals surface area contributed by atoms with E-state index in [-0.39, 0.29) is 17.9 Å². The Bertz CT molecular complexity index is 441. The molecule has 100 valence electrons. The van der Waals surface area contributed by atoms with E-state index in [2.05, 4.69) is 24.0 Å². The third-order valence-corrected chi connectivity index (χ3v) is 4.27. The van der Waals surface area contributed by atoms with Gasteiger partial charge in [0.2, 0.25) is 0 Å². The topological polar surface area (TPSA) is 69.2 Å². The van der Waals surface area contributed by atoms with Crippen molar-refractivity contribution < 1.29 is 9.90 Å². The van der Waals surface area contributed by atoms with Crippen LogP contribution >= 0.6 is 0 Å². The molecule has 5 nitrogen and oxygen atoms in total. The average Bonchev–Trinajstić information content (AvgIpc) is 2.95. The average molecular weight is 251 g/mol. The minimum absolute atomic E-state index is 0.0113. The second-order valence-electron chi connectivity index (χ2n) is 5.56. The Labute approximate surface area is 107 Å². The number of carbonyl (C=O) groups excluding carboxylic acids is 1. The van der Waals surface area contributed by atoms with E-state index in [1.807, 2.05) is 11.8 Å². The van der Waals surface area contributed by atoms with Crippen LogP contribution in [-0.2, 0) is 0 Å². The lowest BCUT2D eigenvalue weighted by molar-refractivity contribution is 0.0650. The maximum absolute atomic E-state index is 12.3. The number of hydrogen-bond acceptors (Lipinski definition) is 3. The van der Waals surface area contributed by atoms with E-state index >= 15 is 0 Å². The predicted molar refractivity (Wildman–Crippen MR) is 68.2 cm³/mol. The third-order valence-electron chi connectivity index (χ3n) is 4.27. The minimum atomic E-state index is -0.146. The van der Waals surface area contributed by atoms with Crippen molar-refractivity contribution >= 4 is 5.91 Å². The molecule has 1 aromatic rings. The van der Waals surface area contributed by atoms with E-state index < -0.39 is 0 Å². The van der Waals surface area contributed by atoms with E-state index in [1.165, 1.54) is 0 Å². The highest BCUT2D eigenvalue weighted by atomic mass is 16.3. The molecule has 2 N–H and O–H groups in total. The molecule has 5 heteroatoms. The van der Waals surface area contributed by atoms with Crippen molar-refractivity contribution in [3.05, 3.63) is 17.5 Å². The predicted octanol–water partition coefficient (Wildman–Crippen LogP) is 1.20. The number of nitrogens with zero attached hydrogens (tertiary/aromatic N) is 2. The van der Waals surface area contributed by atoms with Crippen LogP contribution in [0.1, 0.15) is 36.3 Å². The SMILES string of the molecule is Cc1[nH]ncc1C(=O)N1CCC(CO)(C(C)C)C1. The van der Waals surface area contributed by atoms with Crippen LogP contribution in [0.25, 0.3) is 0 Å². The Morgan fingerprint density at radius 2 is 2.39 bits per heavy atom. The van der Waals surface area contributed by atoms with Crippen molar-refractivity contribution in [3.63, 3.8) is 0 Å². The smallest absolute Gasteiger partial charge is 0.257 e. The number of aliphatic hydroxyl groups is 1. The molecule has 1 aliphatic heterocycles. The molecule has 0 aromatic carbocycles. The molecule has 0 spiro atoms. The van der Waals surface area contributed by atoms with Gasteiger partial charge in [0.25, 0.3) is 5.91 Å². The van der Waals surface area contributed by atoms with Gasteiger partial charge in [0.1, 0.15) is 0 Å². The Morgan fingerprint density at radius 1 is 1.67 bits per heavy atom. The number of carbonyl (C=O) groups is 1. The number of aliphatic hydroxyl groups excluding tert-OH is 1. The lowest BCUT2D eigenvalue weighted by Gasteiger charge is -2.31. The normalized spacial score (nSPS) is 23.9. The zero-order valence-corrected chi connectivity index (χ0v) is 11.2. The summed E-state index contributed by atoms with van der Waals surface area (Å²) >= 11 is 0. The summed E-state index contributed by atoms with van der Waals surface area (Å²) in [5.41, 5.74) is 1.28. The van der Waals surface area contributed by atoms with Crippen LogP contribution in [0.5, 0.6) is 0 Å². The molecule has 1 aliphatic rings. The lowest BCUT2D eigenvalue weighted by Crippen LogP contribution is -2.37. The standard InChI is InChI=1S/C13H21N3O2/c1-9(2)13(8-17)4-5-16(7-13)12(18)11-6-14-15-10(11)3/h6,9,17H,4-5,7-8H2,1-3H3,(H,14,15). The Hall–Kier alpha value is -1.36. The van der Waals surface area contributed by atoms with Gasteiger partial charge < -0.3 is 10.0 Å². The molecule has 2 heterocycles. The van der Waals surface area contributed by atoms with Gasteiger partial charge in [0.15, 0.2) is 0 Å². The lowest BCUT2D eigenvalue weighted by atomic mass is 9.77. The second kappa shape index (κ2) is 4.72. The van der Waals surface area contributed by atoms with Gasteiger partial charge in [-0.3, -0.25) is 9.89 Å². The first-order chi connectivity index (χ1) is 8.50. The zero-order valence-electron chi connectivity index (χ0n) is 11.2. The van der Waals surface area contributed by atoms with Crippen LogP contribution in [0, 0.1) is 18.3 Å². The molecule has 0 radical (unpaired) electrons. The molecule has 0 aliphatic carbocycles. The highest BCUT2D eigenvalue weighted by Crippen LogP contribution is 2.37. The summed E-state index contributed by atoms with van der Waals surface area (Å²) in [6, 6.07) is 0. The highest BCUT2D eigenvalue weighted by Gasteiger charge is 2.42. The summed E-state index contributed by atoms with van der Waals surface area (Å²) in [5, 5.41) is 16.3. The van der Waals surface area contributed by atoms with Gasteiger partial charge in [-0.15, -0.1) is 0 Å². The maximum atomic E-state index is 12.3. The Balaban J connectivity index is 2.14. The van der Waals surface area contributed by atoms with Gasteiger partial charge in [-0.05, 0) is 19.3 Å². The highest BCUT2D eigenvalue weighted by molar-refractivity contribution is 5.95. The molecule has 1 atom stereocenters. The van der Waals surface area contributed by atoms with Crippen molar-refractivity contribution in [2.24, 2.45) is 11.3 Å². The van der Waals surface area contributed by atoms with Gasteiger partial charge in [0.05, 0.1) is 18.4 Å². The quantitative estimate of drug-likeness (QED) is 0.848. The van der Waals surface area contributed by atoms with Gasteiger partial charge in [-0.1, -0.05) is 13.8 Å². The number of H-pyrrole nitrogens is 1. The Morgan fingerprint density at radius 3 is 2.83 bits per heavy atom. The number of amides is 1. The van der Waals surface area contributed by atoms with Gasteiger partial charge in [-0.2, -0.15) is 5.10 Å². The maximum Gasteiger partial charge on any atom is 0.257 e. The fraction of sp³-hybridized carbons (Fsp3) is 0.692. The van der Waals surface area contributed by atoms with E-state index in [0.29, 0.717) is 24.6 Å². The molecule has 1 aromatic heterocycles. The fourth-order valence-electron chi connectivity index (χ4n) is 2.59. The van der Waals surface area contributed by atoms with Crippen molar-refractivity contribution in [2.75, 3.05) is 19.7 Å². The first-order valence-corrected chi connectivity index (χ1v) is 6.40. The fourth-order valence-corrected chi connectivity index (χ4v) is 2.59. The molecule has 2 rings (SSSR count). The minimum Gasteiger partial charge on any atom is -0.396 e. The molecule has 0 bridgehead atoms. The van der Waals surface area contributed by atoms with E-state index in [9.17, 15) is 9.90 Å². The van der Waals surface area contributed by atoms with Crippen molar-refractivity contribution in [2.45, 2.75) is 27.2 Å². The first-order valence-electron chi connectivity index (χ1n) is 6.40. The molecule has 1 amide bonds. The monoisotopic (exact) mass is 251 g/mol. The van der Waals surface area contributed by atoms with Gasteiger partial charge in [-0.25, -0.2) is 0 Å². The summed E-state index contributed by atoms with van der Waals surface area (Å²) in [5.74, 6) is 0.378. The van der Waals surface area contributed by atoms with Crippen molar-refractivity contribution in [1.82, 2.24) is 15.1 Å². The molecule has 18 heavy (non-hydrogen) atoms. The number of hydrogen-bond donors (Lipinski definition) is 2. The number of aromatic amines is 1. The molecular formula is C13H21N3O2. The molecule has 1 fully saturated rings. The van der Waals surface area contributed by atoms with Crippen LogP contribution < -0.4 is 0 Å². The van der Waals surface area contributed by atoms with E-state index in [1.54, 1.807) is 6.20 Å². The number of rotatable bonds is 3. The van der Waals surface area contributed by atoms with Crippen LogP contribution in [-0.4, -0.2) is 45.8 Å². The van der Waals surface area contributed by atoms with E-state index in [4.69, 9.17) is 0 Å². The number of aromatic nitrogens is 2. The number of nitrogens with one attached hydrogen (secondary N) is 1. The van der Waals surface area contributed by atoms with Crippen LogP contribution in [0.3, 0.4) is 0 Å². The van der Waals surface area contributed by atoms with Crippen molar-refractivity contribution in [1.29, 1.82) is 0 Å². The van der Waals surface area contributed by atoms with Gasteiger partial charge >= 0.3 is 0 Å². The summed E-state index contributed by atoms with van der Waals surface area (Å²) in [4.78, 5) is 14.2. The summed E-state index contributed by atoms with van der Waals surface area (Å²) in [7, 11) is 0. The summed E-state index contributed by atoms with van der Waals surface area (Å²) < 4.78 is 0. The van der Waals surface area contributed by atoms with Crippen LogP contribution in [0.4, 0.5) is 0 Å². The number of aryl methyl sites for hydroxylation is 1. The largest absolute Gasteiger partial charge is 0.396 e. The van der Waals surface area contributed by atoms with Crippen LogP contribution in [0.15, 0.2) is 6.20 Å². The van der Waals surface area contributed by atoms with Crippen molar-refractivity contribution in [3.8, 4) is 0 Å². The molecule has 0 saturated carbocycles. The first kappa shape index (κ1) is 13.1. The van der Waals surface area contributed by atoms with Gasteiger partial charge in [0, 0.05) is 24.2 Å². The molecule has 1 unspecified atom stereocenters. The molecular weight excluding hydrogens is 230 g/mol. The summed E-state index contributed by atoms with van der Waals surface area (Å²) in [6.45, 7) is 7.53. The summed E-state index contributed by atoms with van der Waals surface area (Å²) in [6.07, 6.45) is 2.44. The Kier molecular flexibility index (Phi) is 3.43. The number of likely N-dealkylation sites (tertiary alicyclic amines) is 1. The second-order valence-corrected chi connectivity index (χ2v) is 5.56. The van der Waals surface area contributed by atoms with E-state index in [0.717, 1.165) is 12.1 Å². The zero-order chi connectivity index (χ0) is 13.3. The molecule has 1 saturated heterocycles. The third kappa shape index (κ3) is 2.03.